The molecule has 18 heavy (non-hydrogen) atoms. The zero-order chi connectivity index (χ0) is 13.3. The molecule has 0 unspecified atom stereocenters. The topological polar surface area (TPSA) is 81.3 Å². The number of carbonyl (C=O) groups is 1. The van der Waals surface area contributed by atoms with Gasteiger partial charge in [0.25, 0.3) is 0 Å². The lowest BCUT2D eigenvalue weighted by atomic mass is 10.1. The van der Waals surface area contributed by atoms with Gasteiger partial charge in [-0.3, -0.25) is 0 Å². The van der Waals surface area contributed by atoms with Gasteiger partial charge in [0.15, 0.2) is 0 Å². The Labute approximate surface area is 106 Å². The second-order valence-electron chi connectivity index (χ2n) is 5.34. The van der Waals surface area contributed by atoms with Crippen LogP contribution in [0.15, 0.2) is 6.33 Å². The van der Waals surface area contributed by atoms with E-state index in [2.05, 4.69) is 9.97 Å². The molecule has 1 aromatic rings. The van der Waals surface area contributed by atoms with Gasteiger partial charge in [-0.2, -0.15) is 0 Å². The Morgan fingerprint density at radius 3 is 2.83 bits per heavy atom. The van der Waals surface area contributed by atoms with E-state index in [0.29, 0.717) is 25.3 Å². The summed E-state index contributed by atoms with van der Waals surface area (Å²) in [5, 5.41) is 0. The second kappa shape index (κ2) is 4.44. The number of nitrogen functional groups attached to an aromatic ring is 1. The molecule has 0 spiro atoms. The fourth-order valence-electron chi connectivity index (χ4n) is 1.86. The van der Waals surface area contributed by atoms with Crippen molar-refractivity contribution in [3.63, 3.8) is 0 Å². The first-order chi connectivity index (χ1) is 8.37. The maximum atomic E-state index is 11.9. The molecule has 0 atom stereocenters. The van der Waals surface area contributed by atoms with Crippen LogP contribution in [0.2, 0.25) is 0 Å². The van der Waals surface area contributed by atoms with Crippen molar-refractivity contribution in [1.29, 1.82) is 0 Å². The first-order valence-electron chi connectivity index (χ1n) is 5.93. The van der Waals surface area contributed by atoms with E-state index in [1.807, 2.05) is 20.8 Å². The van der Waals surface area contributed by atoms with E-state index in [1.54, 1.807) is 4.90 Å². The quantitative estimate of drug-likeness (QED) is 0.751. The average molecular weight is 250 g/mol. The molecule has 1 aliphatic rings. The molecule has 6 nitrogen and oxygen atoms in total. The highest BCUT2D eigenvalue weighted by Gasteiger charge is 2.27. The molecule has 0 saturated carbocycles. The SMILES string of the molecule is CC(C)(C)OC(=O)N1CCc2c(N)ncnc2C1. The van der Waals surface area contributed by atoms with Gasteiger partial charge in [-0.15, -0.1) is 0 Å². The van der Waals surface area contributed by atoms with Crippen molar-refractivity contribution >= 4 is 11.9 Å². The van der Waals surface area contributed by atoms with Gasteiger partial charge in [-0.05, 0) is 27.2 Å². The third-order valence-corrected chi connectivity index (χ3v) is 2.69. The van der Waals surface area contributed by atoms with E-state index in [4.69, 9.17) is 10.5 Å². The predicted molar refractivity (Wildman–Crippen MR) is 66.8 cm³/mol. The third kappa shape index (κ3) is 2.69. The molecule has 6 heteroatoms. The van der Waals surface area contributed by atoms with E-state index in [-0.39, 0.29) is 6.09 Å². The summed E-state index contributed by atoms with van der Waals surface area (Å²) >= 11 is 0. The van der Waals surface area contributed by atoms with E-state index in [0.717, 1.165) is 11.3 Å². The molecule has 1 aromatic heterocycles. The van der Waals surface area contributed by atoms with Gasteiger partial charge in [0.05, 0.1) is 12.2 Å². The highest BCUT2D eigenvalue weighted by molar-refractivity contribution is 5.68. The highest BCUT2D eigenvalue weighted by atomic mass is 16.6. The van der Waals surface area contributed by atoms with Gasteiger partial charge in [0.2, 0.25) is 0 Å². The van der Waals surface area contributed by atoms with Gasteiger partial charge in [0.1, 0.15) is 17.7 Å². The molecule has 0 aromatic carbocycles. The molecule has 0 fully saturated rings. The smallest absolute Gasteiger partial charge is 0.410 e. The molecule has 0 radical (unpaired) electrons. The Hall–Kier alpha value is -1.85. The fourth-order valence-corrected chi connectivity index (χ4v) is 1.86. The summed E-state index contributed by atoms with van der Waals surface area (Å²) in [6, 6.07) is 0. The van der Waals surface area contributed by atoms with Crippen LogP contribution >= 0.6 is 0 Å². The summed E-state index contributed by atoms with van der Waals surface area (Å²) < 4.78 is 5.33. The van der Waals surface area contributed by atoms with Gasteiger partial charge >= 0.3 is 6.09 Å². The monoisotopic (exact) mass is 250 g/mol. The van der Waals surface area contributed by atoms with Crippen molar-refractivity contribution in [2.75, 3.05) is 12.3 Å². The van der Waals surface area contributed by atoms with Crippen LogP contribution < -0.4 is 5.73 Å². The summed E-state index contributed by atoms with van der Waals surface area (Å²) in [6.45, 7) is 6.56. The number of hydrogen-bond acceptors (Lipinski definition) is 5. The van der Waals surface area contributed by atoms with E-state index in [9.17, 15) is 4.79 Å². The van der Waals surface area contributed by atoms with Gasteiger partial charge in [0, 0.05) is 12.1 Å². The summed E-state index contributed by atoms with van der Waals surface area (Å²) in [5.74, 6) is 0.504. The number of nitrogens with zero attached hydrogens (tertiary/aromatic N) is 3. The number of rotatable bonds is 0. The lowest BCUT2D eigenvalue weighted by Gasteiger charge is -2.30. The highest BCUT2D eigenvalue weighted by Crippen LogP contribution is 2.21. The van der Waals surface area contributed by atoms with Crippen LogP contribution in [-0.2, 0) is 17.7 Å². The zero-order valence-corrected chi connectivity index (χ0v) is 10.9. The number of aromatic nitrogens is 2. The Bertz CT molecular complexity index is 468. The first-order valence-corrected chi connectivity index (χ1v) is 5.93. The lowest BCUT2D eigenvalue weighted by molar-refractivity contribution is 0.0221. The summed E-state index contributed by atoms with van der Waals surface area (Å²) in [5.41, 5.74) is 7.04. The molecule has 1 amide bonds. The van der Waals surface area contributed by atoms with Crippen LogP contribution in [0, 0.1) is 0 Å². The summed E-state index contributed by atoms with van der Waals surface area (Å²) in [4.78, 5) is 21.7. The molecule has 2 N–H and O–H groups in total. The van der Waals surface area contributed by atoms with E-state index >= 15 is 0 Å². The minimum atomic E-state index is -0.484. The molecule has 0 saturated heterocycles. The standard InChI is InChI=1S/C12H18N4O2/c1-12(2,3)18-11(17)16-5-4-8-9(6-16)14-7-15-10(8)13/h7H,4-6H2,1-3H3,(H2,13,14,15). The van der Waals surface area contributed by atoms with Crippen molar-refractivity contribution in [3.8, 4) is 0 Å². The second-order valence-corrected chi connectivity index (χ2v) is 5.34. The molecule has 1 aliphatic heterocycles. The van der Waals surface area contributed by atoms with Crippen molar-refractivity contribution in [2.45, 2.75) is 39.3 Å². The number of anilines is 1. The number of carbonyl (C=O) groups excluding carboxylic acids is 1. The molecule has 2 heterocycles. The maximum Gasteiger partial charge on any atom is 0.410 e. The van der Waals surface area contributed by atoms with E-state index in [1.165, 1.54) is 6.33 Å². The number of fused-ring (bicyclic) bond motifs is 1. The molecule has 98 valence electrons. The van der Waals surface area contributed by atoms with Gasteiger partial charge in [-0.1, -0.05) is 0 Å². The minimum Gasteiger partial charge on any atom is -0.444 e. The van der Waals surface area contributed by atoms with Crippen LogP contribution in [0.25, 0.3) is 0 Å². The molecule has 0 bridgehead atoms. The largest absolute Gasteiger partial charge is 0.444 e. The zero-order valence-electron chi connectivity index (χ0n) is 10.9. The summed E-state index contributed by atoms with van der Waals surface area (Å²) in [6.07, 6.45) is 1.78. The Morgan fingerprint density at radius 1 is 1.44 bits per heavy atom. The van der Waals surface area contributed by atoms with E-state index < -0.39 is 5.60 Å². The van der Waals surface area contributed by atoms with Crippen LogP contribution in [0.4, 0.5) is 10.6 Å². The van der Waals surface area contributed by atoms with Crippen LogP contribution in [0.3, 0.4) is 0 Å². The number of amides is 1. The number of ether oxygens (including phenoxy) is 1. The Balaban J connectivity index is 2.11. The maximum absolute atomic E-state index is 11.9. The minimum absolute atomic E-state index is 0.315. The predicted octanol–water partition coefficient (Wildman–Crippen LogP) is 1.35. The normalized spacial score (nSPS) is 15.2. The Morgan fingerprint density at radius 2 is 2.17 bits per heavy atom. The lowest BCUT2D eigenvalue weighted by Crippen LogP contribution is -2.40. The third-order valence-electron chi connectivity index (χ3n) is 2.69. The van der Waals surface area contributed by atoms with Crippen LogP contribution in [-0.4, -0.2) is 33.1 Å². The van der Waals surface area contributed by atoms with Crippen molar-refractivity contribution < 1.29 is 9.53 Å². The fraction of sp³-hybridized carbons (Fsp3) is 0.583. The molecule has 0 aliphatic carbocycles. The first kappa shape index (κ1) is 12.6. The number of hydrogen-bond donors (Lipinski definition) is 1. The van der Waals surface area contributed by atoms with Crippen molar-refractivity contribution in [2.24, 2.45) is 0 Å². The van der Waals surface area contributed by atoms with Gasteiger partial charge < -0.3 is 15.4 Å². The van der Waals surface area contributed by atoms with Crippen molar-refractivity contribution in [3.05, 3.63) is 17.6 Å². The van der Waals surface area contributed by atoms with Crippen molar-refractivity contribution in [1.82, 2.24) is 14.9 Å². The van der Waals surface area contributed by atoms with Gasteiger partial charge in [-0.25, -0.2) is 14.8 Å². The molecule has 2 rings (SSSR count). The molecular weight excluding hydrogens is 232 g/mol. The average Bonchev–Trinajstić information content (AvgIpc) is 2.26. The Kier molecular flexibility index (Phi) is 3.11. The van der Waals surface area contributed by atoms with Crippen LogP contribution in [0.5, 0.6) is 0 Å². The van der Waals surface area contributed by atoms with Crippen LogP contribution in [0.1, 0.15) is 32.0 Å². The molecular formula is C12H18N4O2. The number of nitrogens with two attached hydrogens (primary N) is 1. The summed E-state index contributed by atoms with van der Waals surface area (Å²) in [7, 11) is 0.